The average Bonchev–Trinajstić information content (AvgIpc) is 3.82. The van der Waals surface area contributed by atoms with Gasteiger partial charge in [-0.05, 0) is 77.1 Å². The molecule has 0 N–H and O–H groups in total. The summed E-state index contributed by atoms with van der Waals surface area (Å²) in [7, 11) is 1.48. The number of carbonyl (C=O) groups excluding carboxylic acids is 1. The number of thioether (sulfide) groups is 1. The van der Waals surface area contributed by atoms with Gasteiger partial charge in [0.15, 0.2) is 0 Å². The summed E-state index contributed by atoms with van der Waals surface area (Å²) in [6, 6.07) is 29.0. The normalized spacial score (nSPS) is 15.0. The summed E-state index contributed by atoms with van der Waals surface area (Å²) < 4.78 is 56.1. The monoisotopic (exact) mass is 770 g/mol. The molecular formula is C44H45F3N2O3S2. The number of unbranched alkanes of at least 4 members (excludes halogenated alkanes) is 1. The standard InChI is InChI=1S/C44H45F3N2O3S2/c1-51-40-27-35(52-29-31-17-19-33(20-18-31)32-11-3-2-4-12-32)22-21-34(40)28-49(30-44(45,46)47)41(50)43(23-9-10-25-53-42-48-24-26-54-42)38-15-7-5-13-36(38)37-14-6-8-16-39(37)43/h5-8,13-22,24,26-27,32H,2-4,9-12,23,25,28-30H2,1H3. The van der Waals surface area contributed by atoms with Gasteiger partial charge < -0.3 is 14.4 Å². The van der Waals surface area contributed by atoms with Crippen molar-refractivity contribution in [3.8, 4) is 22.6 Å². The summed E-state index contributed by atoms with van der Waals surface area (Å²) in [5, 5.41) is 1.93. The number of aromatic nitrogens is 1. The van der Waals surface area contributed by atoms with E-state index in [4.69, 9.17) is 9.47 Å². The first-order chi connectivity index (χ1) is 26.2. The van der Waals surface area contributed by atoms with E-state index in [1.807, 2.05) is 53.9 Å². The minimum absolute atomic E-state index is 0.281. The largest absolute Gasteiger partial charge is 0.496 e. The SMILES string of the molecule is COc1cc(OCc2ccc(C3CCCCC3)cc2)ccc1CN(CC(F)(F)F)C(=O)C1(CCCCSc2nccs2)c2ccccc2-c2ccccc21. The molecular weight excluding hydrogens is 726 g/mol. The second-order valence-electron chi connectivity index (χ2n) is 14.2. The Morgan fingerprint density at radius 1 is 0.926 bits per heavy atom. The van der Waals surface area contributed by atoms with Crippen molar-refractivity contribution < 1.29 is 27.4 Å². The van der Waals surface area contributed by atoms with Gasteiger partial charge in [-0.25, -0.2) is 4.98 Å². The zero-order chi connectivity index (χ0) is 37.5. The van der Waals surface area contributed by atoms with Crippen LogP contribution in [0.15, 0.2) is 107 Å². The van der Waals surface area contributed by atoms with Crippen molar-refractivity contribution in [2.24, 2.45) is 0 Å². The maximum absolute atomic E-state index is 15.1. The number of thiazole rings is 1. The number of ether oxygens (including phenoxy) is 2. The van der Waals surface area contributed by atoms with Crippen molar-refractivity contribution in [2.45, 2.75) is 86.4 Å². The Kier molecular flexibility index (Phi) is 12.0. The van der Waals surface area contributed by atoms with Gasteiger partial charge >= 0.3 is 6.18 Å². The number of methoxy groups -OCH3 is 1. The molecule has 2 aliphatic carbocycles. The van der Waals surface area contributed by atoms with Gasteiger partial charge in [0, 0.05) is 35.5 Å². The third-order valence-electron chi connectivity index (χ3n) is 10.7. The number of rotatable bonds is 15. The van der Waals surface area contributed by atoms with E-state index in [9.17, 15) is 13.2 Å². The van der Waals surface area contributed by atoms with Crippen LogP contribution in [0.25, 0.3) is 11.1 Å². The molecule has 5 aromatic rings. The smallest absolute Gasteiger partial charge is 0.406 e. The van der Waals surface area contributed by atoms with Crippen LogP contribution in [0.3, 0.4) is 0 Å². The van der Waals surface area contributed by atoms with Crippen molar-refractivity contribution in [1.29, 1.82) is 0 Å². The highest BCUT2D eigenvalue weighted by molar-refractivity contribution is 8.00. The summed E-state index contributed by atoms with van der Waals surface area (Å²) in [5.74, 6) is 1.75. The van der Waals surface area contributed by atoms with E-state index >= 15 is 4.79 Å². The second kappa shape index (κ2) is 17.0. The molecule has 54 heavy (non-hydrogen) atoms. The minimum atomic E-state index is -4.62. The Labute approximate surface area is 323 Å². The number of nitrogens with zero attached hydrogens (tertiary/aromatic N) is 2. The molecule has 1 amide bonds. The quantitative estimate of drug-likeness (QED) is 0.0784. The Hall–Kier alpha value is -4.28. The summed E-state index contributed by atoms with van der Waals surface area (Å²) in [6.45, 7) is -1.33. The number of hydrogen-bond acceptors (Lipinski definition) is 6. The molecule has 10 heteroatoms. The minimum Gasteiger partial charge on any atom is -0.496 e. The van der Waals surface area contributed by atoms with E-state index < -0.39 is 24.0 Å². The van der Waals surface area contributed by atoms with E-state index in [2.05, 4.69) is 29.2 Å². The lowest BCUT2D eigenvalue weighted by Gasteiger charge is -2.37. The van der Waals surface area contributed by atoms with E-state index in [1.54, 1.807) is 47.5 Å². The predicted molar refractivity (Wildman–Crippen MR) is 210 cm³/mol. The Morgan fingerprint density at radius 3 is 2.28 bits per heavy atom. The highest BCUT2D eigenvalue weighted by atomic mass is 32.2. The van der Waals surface area contributed by atoms with Crippen molar-refractivity contribution >= 4 is 29.0 Å². The molecule has 0 radical (unpaired) electrons. The van der Waals surface area contributed by atoms with Crippen LogP contribution in [-0.2, 0) is 23.4 Å². The number of hydrogen-bond donors (Lipinski definition) is 0. The molecule has 1 fully saturated rings. The van der Waals surface area contributed by atoms with Crippen LogP contribution >= 0.6 is 23.1 Å². The number of fused-ring (bicyclic) bond motifs is 3. The molecule has 0 aliphatic heterocycles. The maximum Gasteiger partial charge on any atom is 0.406 e. The van der Waals surface area contributed by atoms with E-state index in [0.29, 0.717) is 42.4 Å². The fourth-order valence-corrected chi connectivity index (χ4v) is 9.90. The Bertz CT molecular complexity index is 1970. The van der Waals surface area contributed by atoms with Gasteiger partial charge in [0.2, 0.25) is 5.91 Å². The van der Waals surface area contributed by atoms with Crippen molar-refractivity contribution in [3.63, 3.8) is 0 Å². The maximum atomic E-state index is 15.1. The van der Waals surface area contributed by atoms with Gasteiger partial charge in [0.25, 0.3) is 0 Å². The van der Waals surface area contributed by atoms with Gasteiger partial charge in [0.05, 0.1) is 7.11 Å². The lowest BCUT2D eigenvalue weighted by molar-refractivity contribution is -0.165. The third-order valence-corrected chi connectivity index (χ3v) is 12.8. The molecule has 7 rings (SSSR count). The molecule has 0 atom stereocenters. The molecule has 282 valence electrons. The number of carbonyl (C=O) groups is 1. The summed E-state index contributed by atoms with van der Waals surface area (Å²) in [6.07, 6.45) is 5.31. The van der Waals surface area contributed by atoms with Crippen LogP contribution in [0.2, 0.25) is 0 Å². The van der Waals surface area contributed by atoms with Gasteiger partial charge in [-0.3, -0.25) is 4.79 Å². The van der Waals surface area contributed by atoms with Crippen LogP contribution in [-0.4, -0.2) is 41.4 Å². The predicted octanol–water partition coefficient (Wildman–Crippen LogP) is 11.6. The number of benzene rings is 4. The summed E-state index contributed by atoms with van der Waals surface area (Å²) in [4.78, 5) is 20.4. The molecule has 1 aromatic heterocycles. The van der Waals surface area contributed by atoms with Crippen molar-refractivity contribution in [2.75, 3.05) is 19.4 Å². The fraction of sp³-hybridized carbons (Fsp3) is 0.364. The first kappa shape index (κ1) is 38.0. The van der Waals surface area contributed by atoms with E-state index in [1.165, 1.54) is 44.8 Å². The molecule has 2 aliphatic rings. The molecule has 0 saturated heterocycles. The van der Waals surface area contributed by atoms with Gasteiger partial charge in [-0.2, -0.15) is 13.2 Å². The lowest BCUT2D eigenvalue weighted by Crippen LogP contribution is -2.49. The van der Waals surface area contributed by atoms with Crippen molar-refractivity contribution in [1.82, 2.24) is 9.88 Å². The fourth-order valence-electron chi connectivity index (χ4n) is 8.19. The van der Waals surface area contributed by atoms with E-state index in [-0.39, 0.29) is 6.54 Å². The Morgan fingerprint density at radius 2 is 1.63 bits per heavy atom. The summed E-state index contributed by atoms with van der Waals surface area (Å²) >= 11 is 3.23. The number of halogens is 3. The molecule has 4 aromatic carbocycles. The van der Waals surface area contributed by atoms with Crippen LogP contribution in [0.1, 0.15) is 85.1 Å². The van der Waals surface area contributed by atoms with Crippen LogP contribution in [0.4, 0.5) is 13.2 Å². The second-order valence-corrected chi connectivity index (χ2v) is 16.5. The van der Waals surface area contributed by atoms with Gasteiger partial charge in [-0.1, -0.05) is 110 Å². The molecule has 0 bridgehead atoms. The van der Waals surface area contributed by atoms with Crippen LogP contribution < -0.4 is 9.47 Å². The number of alkyl halides is 3. The van der Waals surface area contributed by atoms with Gasteiger partial charge in [-0.15, -0.1) is 11.3 Å². The first-order valence-electron chi connectivity index (χ1n) is 18.7. The molecule has 0 unspecified atom stereocenters. The average molecular weight is 771 g/mol. The highest BCUT2D eigenvalue weighted by Gasteiger charge is 2.51. The molecule has 1 saturated carbocycles. The lowest BCUT2D eigenvalue weighted by atomic mass is 9.73. The van der Waals surface area contributed by atoms with Crippen molar-refractivity contribution in [3.05, 3.63) is 130 Å². The molecule has 0 spiro atoms. The van der Waals surface area contributed by atoms with Crippen LogP contribution in [0.5, 0.6) is 11.5 Å². The first-order valence-corrected chi connectivity index (χ1v) is 20.6. The van der Waals surface area contributed by atoms with Gasteiger partial charge in [0.1, 0.15) is 34.4 Å². The topological polar surface area (TPSA) is 51.7 Å². The number of amides is 1. The summed E-state index contributed by atoms with van der Waals surface area (Å²) in [5.41, 5.74) is 4.85. The molecule has 5 nitrogen and oxygen atoms in total. The molecule has 1 heterocycles. The third kappa shape index (κ3) is 8.50. The highest BCUT2D eigenvalue weighted by Crippen LogP contribution is 2.53. The Balaban J connectivity index is 1.13. The van der Waals surface area contributed by atoms with Crippen LogP contribution in [0, 0.1) is 0 Å². The van der Waals surface area contributed by atoms with E-state index in [0.717, 1.165) is 49.2 Å². The zero-order valence-electron chi connectivity index (χ0n) is 30.4. The zero-order valence-corrected chi connectivity index (χ0v) is 32.1.